The zero-order valence-electron chi connectivity index (χ0n) is 28.0. The smallest absolute Gasteiger partial charge is 0.408 e. The number of alkyl carbamates (subject to hydrolysis) is 1. The first-order chi connectivity index (χ1) is 22.9. The minimum atomic E-state index is -1.02. The largest absolute Gasteiger partial charge is 0.493 e. The SMILES string of the molecule is COc1cc([C@@H]2C(C(=O)[C@H](C)NC(=O)OC(C)(C)C)=CN3C(=O)[C@@H](NC(=O)c4ccccc4)[C@H](c4ccccc4)N23)cc(OC)c1OC. The topological polar surface area (TPSA) is 136 Å². The molecule has 3 aromatic carbocycles. The summed E-state index contributed by atoms with van der Waals surface area (Å²) in [5, 5.41) is 8.70. The number of rotatable bonds is 10. The first-order valence-electron chi connectivity index (χ1n) is 15.5. The number of nitrogens with zero attached hydrogens (tertiary/aromatic N) is 2. The fourth-order valence-electron chi connectivity index (χ4n) is 5.98. The number of amides is 3. The van der Waals surface area contributed by atoms with Crippen LogP contribution in [0.25, 0.3) is 0 Å². The Kier molecular flexibility index (Phi) is 9.76. The van der Waals surface area contributed by atoms with E-state index in [-0.39, 0.29) is 5.57 Å². The highest BCUT2D eigenvalue weighted by Crippen LogP contribution is 2.50. The molecule has 0 aliphatic carbocycles. The number of methoxy groups -OCH3 is 3. The number of hydrogen-bond donors (Lipinski definition) is 2. The highest BCUT2D eigenvalue weighted by atomic mass is 16.6. The Bertz CT molecular complexity index is 1700. The van der Waals surface area contributed by atoms with E-state index < -0.39 is 53.5 Å². The number of benzene rings is 3. The van der Waals surface area contributed by atoms with Crippen molar-refractivity contribution in [2.45, 2.75) is 57.5 Å². The highest BCUT2D eigenvalue weighted by Gasteiger charge is 2.55. The summed E-state index contributed by atoms with van der Waals surface area (Å²) >= 11 is 0. The molecule has 252 valence electrons. The van der Waals surface area contributed by atoms with Crippen LogP contribution in [0, 0.1) is 0 Å². The molecule has 0 unspecified atom stereocenters. The lowest BCUT2D eigenvalue weighted by atomic mass is 9.90. The van der Waals surface area contributed by atoms with Crippen LogP contribution in [-0.2, 0) is 14.3 Å². The van der Waals surface area contributed by atoms with Gasteiger partial charge < -0.3 is 29.6 Å². The average Bonchev–Trinajstić information content (AvgIpc) is 3.57. The number of ether oxygens (including phenoxy) is 4. The predicted molar refractivity (Wildman–Crippen MR) is 176 cm³/mol. The van der Waals surface area contributed by atoms with E-state index >= 15 is 0 Å². The molecule has 2 aliphatic rings. The van der Waals surface area contributed by atoms with Crippen LogP contribution < -0.4 is 24.8 Å². The van der Waals surface area contributed by atoms with E-state index in [1.807, 2.05) is 30.3 Å². The van der Waals surface area contributed by atoms with E-state index in [1.54, 1.807) is 75.2 Å². The quantitative estimate of drug-likeness (QED) is 0.318. The average molecular weight is 657 g/mol. The maximum Gasteiger partial charge on any atom is 0.408 e. The van der Waals surface area contributed by atoms with Gasteiger partial charge in [-0.3, -0.25) is 14.4 Å². The van der Waals surface area contributed by atoms with Gasteiger partial charge in [0.15, 0.2) is 17.3 Å². The van der Waals surface area contributed by atoms with E-state index in [4.69, 9.17) is 18.9 Å². The van der Waals surface area contributed by atoms with Crippen LogP contribution in [-0.4, -0.2) is 72.7 Å². The van der Waals surface area contributed by atoms with Crippen LogP contribution in [0.15, 0.2) is 84.6 Å². The zero-order valence-corrected chi connectivity index (χ0v) is 28.0. The van der Waals surface area contributed by atoms with Crippen molar-refractivity contribution in [3.63, 3.8) is 0 Å². The van der Waals surface area contributed by atoms with Crippen molar-refractivity contribution in [2.75, 3.05) is 21.3 Å². The van der Waals surface area contributed by atoms with Gasteiger partial charge in [0.05, 0.1) is 39.5 Å². The summed E-state index contributed by atoms with van der Waals surface area (Å²) < 4.78 is 22.2. The molecule has 4 atom stereocenters. The summed E-state index contributed by atoms with van der Waals surface area (Å²) in [5.41, 5.74) is 1.11. The first-order valence-corrected chi connectivity index (χ1v) is 15.5. The lowest BCUT2D eigenvalue weighted by Crippen LogP contribution is -2.45. The molecule has 0 spiro atoms. The number of carbonyl (C=O) groups excluding carboxylic acids is 4. The molecule has 2 N–H and O–H groups in total. The third-order valence-corrected chi connectivity index (χ3v) is 8.04. The van der Waals surface area contributed by atoms with Crippen LogP contribution in [0.4, 0.5) is 4.79 Å². The van der Waals surface area contributed by atoms with Gasteiger partial charge in [0.1, 0.15) is 11.6 Å². The number of nitrogens with one attached hydrogen (secondary N) is 2. The Hall–Kier alpha value is -5.36. The third kappa shape index (κ3) is 6.70. The molecule has 2 heterocycles. The number of carbonyl (C=O) groups is 4. The Balaban J connectivity index is 1.63. The van der Waals surface area contributed by atoms with E-state index in [9.17, 15) is 19.2 Å². The van der Waals surface area contributed by atoms with Crippen molar-refractivity contribution in [1.82, 2.24) is 20.7 Å². The molecular formula is C36H40N4O8. The number of fused-ring (bicyclic) bond motifs is 1. The van der Waals surface area contributed by atoms with Gasteiger partial charge >= 0.3 is 6.09 Å². The fraction of sp³-hybridized carbons (Fsp3) is 0.333. The molecule has 3 aromatic rings. The van der Waals surface area contributed by atoms with Gasteiger partial charge in [0, 0.05) is 17.3 Å². The molecular weight excluding hydrogens is 616 g/mol. The predicted octanol–water partition coefficient (Wildman–Crippen LogP) is 4.73. The molecule has 1 fully saturated rings. The second-order valence-corrected chi connectivity index (χ2v) is 12.4. The minimum Gasteiger partial charge on any atom is -0.493 e. The van der Waals surface area contributed by atoms with Crippen LogP contribution in [0.5, 0.6) is 17.2 Å². The molecule has 5 rings (SSSR count). The normalized spacial score (nSPS) is 19.6. The zero-order chi connectivity index (χ0) is 34.7. The molecule has 0 bridgehead atoms. The number of hydrogen-bond acceptors (Lipinski definition) is 9. The molecule has 0 saturated carbocycles. The van der Waals surface area contributed by atoms with Gasteiger partial charge in [0.2, 0.25) is 5.75 Å². The maximum absolute atomic E-state index is 14.3. The standard InChI is InChI=1S/C36H40N4O8/c1-21(37-35(44)48-36(2,3)4)31(41)25-20-39-34(43)28(38-33(42)23-16-12-9-13-17-23)30(22-14-10-8-11-15-22)40(39)29(25)24-18-26(45-5)32(47-7)27(19-24)46-6/h8-21,28-30H,1-7H3,(H,37,44)(H,38,42)/t21-,28-,29+,30-/m0/s1. The number of ketones is 1. The summed E-state index contributed by atoms with van der Waals surface area (Å²) in [6, 6.07) is 17.7. The molecule has 3 amide bonds. The minimum absolute atomic E-state index is 0.218. The van der Waals surface area contributed by atoms with E-state index in [0.717, 1.165) is 5.56 Å². The maximum atomic E-state index is 14.3. The second-order valence-electron chi connectivity index (χ2n) is 12.4. The molecule has 0 radical (unpaired) electrons. The molecule has 12 heteroatoms. The molecule has 48 heavy (non-hydrogen) atoms. The van der Waals surface area contributed by atoms with Crippen molar-refractivity contribution in [2.24, 2.45) is 0 Å². The van der Waals surface area contributed by atoms with Crippen molar-refractivity contribution in [3.8, 4) is 17.2 Å². The molecule has 12 nitrogen and oxygen atoms in total. The Morgan fingerprint density at radius 1 is 0.833 bits per heavy atom. The highest BCUT2D eigenvalue weighted by molar-refractivity contribution is 6.04. The van der Waals surface area contributed by atoms with Crippen molar-refractivity contribution >= 4 is 23.7 Å². The van der Waals surface area contributed by atoms with Crippen molar-refractivity contribution in [1.29, 1.82) is 0 Å². The summed E-state index contributed by atoms with van der Waals surface area (Å²) in [5.74, 6) is -0.280. The summed E-state index contributed by atoms with van der Waals surface area (Å²) in [6.07, 6.45) is 0.713. The van der Waals surface area contributed by atoms with E-state index in [2.05, 4.69) is 10.6 Å². The van der Waals surface area contributed by atoms with E-state index in [1.165, 1.54) is 32.5 Å². The first kappa shape index (κ1) is 34.0. The molecule has 0 aromatic heterocycles. The van der Waals surface area contributed by atoms with Crippen molar-refractivity contribution in [3.05, 3.63) is 101 Å². The lowest BCUT2D eigenvalue weighted by molar-refractivity contribution is -0.134. The Labute approximate surface area is 279 Å². The van der Waals surface area contributed by atoms with Gasteiger partial charge in [-0.2, -0.15) is 5.01 Å². The van der Waals surface area contributed by atoms with Gasteiger partial charge in [-0.25, -0.2) is 9.80 Å². The summed E-state index contributed by atoms with van der Waals surface area (Å²) in [4.78, 5) is 54.6. The van der Waals surface area contributed by atoms with Crippen LogP contribution in [0.3, 0.4) is 0 Å². The van der Waals surface area contributed by atoms with Crippen molar-refractivity contribution < 1.29 is 38.1 Å². The Morgan fingerprint density at radius 2 is 1.42 bits per heavy atom. The van der Waals surface area contributed by atoms with Gasteiger partial charge in [-0.05, 0) is 63.1 Å². The second kappa shape index (κ2) is 13.8. The molecule has 2 aliphatic heterocycles. The number of Topliss-reactive ketones (excluding diaryl/α,β-unsaturated/α-hetero) is 1. The third-order valence-electron chi connectivity index (χ3n) is 8.04. The summed E-state index contributed by atoms with van der Waals surface area (Å²) in [6.45, 7) is 6.73. The Morgan fingerprint density at radius 3 is 1.96 bits per heavy atom. The van der Waals surface area contributed by atoms with Gasteiger partial charge in [-0.15, -0.1) is 0 Å². The van der Waals surface area contributed by atoms with Crippen LogP contribution in [0.1, 0.15) is 61.3 Å². The molecule has 1 saturated heterocycles. The monoisotopic (exact) mass is 656 g/mol. The summed E-state index contributed by atoms with van der Waals surface area (Å²) in [7, 11) is 4.46. The fourth-order valence-corrected chi connectivity index (χ4v) is 5.98. The van der Waals surface area contributed by atoms with Gasteiger partial charge in [0.25, 0.3) is 11.8 Å². The number of hydrazine groups is 1. The van der Waals surface area contributed by atoms with Crippen LogP contribution >= 0.6 is 0 Å². The lowest BCUT2D eigenvalue weighted by Gasteiger charge is -2.34. The van der Waals surface area contributed by atoms with Gasteiger partial charge in [-0.1, -0.05) is 48.5 Å². The van der Waals surface area contributed by atoms with Crippen LogP contribution in [0.2, 0.25) is 0 Å². The van der Waals surface area contributed by atoms with E-state index in [0.29, 0.717) is 28.4 Å².